The molecule has 0 fully saturated rings. The van der Waals surface area contributed by atoms with Crippen LogP contribution in [-0.2, 0) is 4.79 Å². The molecule has 1 aromatic carbocycles. The molecule has 20 heavy (non-hydrogen) atoms. The summed E-state index contributed by atoms with van der Waals surface area (Å²) in [6.45, 7) is 1.99. The van der Waals surface area contributed by atoms with Gasteiger partial charge in [0, 0.05) is 29.5 Å². The lowest BCUT2D eigenvalue weighted by atomic mass is 9.87. The minimum atomic E-state index is -0.375. The molecule has 1 aliphatic carbocycles. The van der Waals surface area contributed by atoms with E-state index in [-0.39, 0.29) is 34.4 Å². The fourth-order valence-electron chi connectivity index (χ4n) is 2.21. The number of rotatable bonds is 5. The Morgan fingerprint density at radius 3 is 2.30 bits per heavy atom. The molecular formula is C16H15ClO3. The van der Waals surface area contributed by atoms with Crippen molar-refractivity contribution in [1.82, 2.24) is 0 Å². The van der Waals surface area contributed by atoms with Gasteiger partial charge in [-0.15, -0.1) is 0 Å². The highest BCUT2D eigenvalue weighted by molar-refractivity contribution is 6.50. The van der Waals surface area contributed by atoms with Gasteiger partial charge in [-0.05, 0) is 6.42 Å². The summed E-state index contributed by atoms with van der Waals surface area (Å²) in [5, 5.41) is -0.112. The molecule has 0 N–H and O–H groups in total. The van der Waals surface area contributed by atoms with Crippen molar-refractivity contribution in [2.24, 2.45) is 0 Å². The van der Waals surface area contributed by atoms with Gasteiger partial charge in [-0.25, -0.2) is 0 Å². The van der Waals surface area contributed by atoms with E-state index in [2.05, 4.69) is 0 Å². The Bertz CT molecular complexity index is 614. The van der Waals surface area contributed by atoms with Crippen LogP contribution in [0.4, 0.5) is 0 Å². The molecule has 3 nitrogen and oxygen atoms in total. The molecule has 0 saturated heterocycles. The number of Topliss-reactive ketones (excluding diaryl/α,β-unsaturated/α-hetero) is 3. The summed E-state index contributed by atoms with van der Waals surface area (Å²) in [6.07, 6.45) is 2.04. The molecule has 2 rings (SSSR count). The minimum Gasteiger partial charge on any atom is -0.299 e. The van der Waals surface area contributed by atoms with E-state index in [0.29, 0.717) is 17.5 Å². The number of halogens is 1. The van der Waals surface area contributed by atoms with Crippen molar-refractivity contribution in [1.29, 1.82) is 0 Å². The van der Waals surface area contributed by atoms with Gasteiger partial charge in [-0.1, -0.05) is 49.2 Å². The fourth-order valence-corrected chi connectivity index (χ4v) is 2.47. The number of unbranched alkanes of at least 4 members (excludes halogenated alkanes) is 1. The van der Waals surface area contributed by atoms with Crippen molar-refractivity contribution in [2.75, 3.05) is 0 Å². The van der Waals surface area contributed by atoms with E-state index in [4.69, 9.17) is 11.6 Å². The second-order valence-electron chi connectivity index (χ2n) is 4.82. The van der Waals surface area contributed by atoms with E-state index < -0.39 is 0 Å². The SMILES string of the molecule is CCCCC(=O)CC1=C(Cl)C(=O)c2ccccc2C1=O. The average molecular weight is 291 g/mol. The fraction of sp³-hybridized carbons (Fsp3) is 0.312. The maximum absolute atomic E-state index is 12.3. The van der Waals surface area contributed by atoms with Gasteiger partial charge < -0.3 is 0 Å². The molecule has 0 amide bonds. The third-order valence-electron chi connectivity index (χ3n) is 3.34. The summed E-state index contributed by atoms with van der Waals surface area (Å²) < 4.78 is 0. The lowest BCUT2D eigenvalue weighted by Crippen LogP contribution is -2.21. The molecule has 0 radical (unpaired) electrons. The number of hydrogen-bond donors (Lipinski definition) is 0. The number of carbonyl (C=O) groups is 3. The van der Waals surface area contributed by atoms with Crippen molar-refractivity contribution >= 4 is 29.0 Å². The van der Waals surface area contributed by atoms with E-state index in [1.54, 1.807) is 24.3 Å². The van der Waals surface area contributed by atoms with Crippen LogP contribution in [0, 0.1) is 0 Å². The van der Waals surface area contributed by atoms with E-state index in [1.165, 1.54) is 0 Å². The van der Waals surface area contributed by atoms with Gasteiger partial charge in [0.25, 0.3) is 0 Å². The Balaban J connectivity index is 2.30. The van der Waals surface area contributed by atoms with Crippen LogP contribution in [0.25, 0.3) is 0 Å². The Kier molecular flexibility index (Phi) is 4.50. The first-order valence-corrected chi connectivity index (χ1v) is 7.02. The lowest BCUT2D eigenvalue weighted by Gasteiger charge is -2.17. The average Bonchev–Trinajstić information content (AvgIpc) is 2.47. The molecule has 0 spiro atoms. The highest BCUT2D eigenvalue weighted by Gasteiger charge is 2.31. The van der Waals surface area contributed by atoms with Crippen LogP contribution in [0.15, 0.2) is 34.9 Å². The number of benzene rings is 1. The summed E-state index contributed by atoms with van der Waals surface area (Å²) >= 11 is 5.99. The van der Waals surface area contributed by atoms with E-state index in [0.717, 1.165) is 12.8 Å². The molecule has 4 heteroatoms. The van der Waals surface area contributed by atoms with Crippen molar-refractivity contribution in [3.8, 4) is 0 Å². The monoisotopic (exact) mass is 290 g/mol. The molecule has 0 atom stereocenters. The summed E-state index contributed by atoms with van der Waals surface area (Å²) in [6, 6.07) is 6.55. The van der Waals surface area contributed by atoms with Crippen molar-refractivity contribution in [2.45, 2.75) is 32.6 Å². The Morgan fingerprint density at radius 2 is 1.70 bits per heavy atom. The molecule has 0 bridgehead atoms. The lowest BCUT2D eigenvalue weighted by molar-refractivity contribution is -0.118. The van der Waals surface area contributed by atoms with Crippen LogP contribution < -0.4 is 0 Å². The normalized spacial score (nSPS) is 14.5. The van der Waals surface area contributed by atoms with Gasteiger partial charge in [0.05, 0.1) is 5.03 Å². The van der Waals surface area contributed by atoms with Crippen LogP contribution >= 0.6 is 11.6 Å². The molecule has 1 aliphatic rings. The third-order valence-corrected chi connectivity index (χ3v) is 3.74. The zero-order valence-corrected chi connectivity index (χ0v) is 12.0. The van der Waals surface area contributed by atoms with E-state index >= 15 is 0 Å². The molecule has 0 saturated carbocycles. The Hall–Kier alpha value is -1.74. The van der Waals surface area contributed by atoms with Crippen molar-refractivity contribution < 1.29 is 14.4 Å². The van der Waals surface area contributed by atoms with Crippen LogP contribution in [0.3, 0.4) is 0 Å². The van der Waals surface area contributed by atoms with Crippen molar-refractivity contribution in [3.63, 3.8) is 0 Å². The molecule has 0 aromatic heterocycles. The zero-order valence-electron chi connectivity index (χ0n) is 11.2. The topological polar surface area (TPSA) is 51.2 Å². The molecular weight excluding hydrogens is 276 g/mol. The molecule has 0 aliphatic heterocycles. The van der Waals surface area contributed by atoms with Gasteiger partial charge in [-0.2, -0.15) is 0 Å². The predicted molar refractivity (Wildman–Crippen MR) is 77.1 cm³/mol. The smallest absolute Gasteiger partial charge is 0.205 e. The van der Waals surface area contributed by atoms with Gasteiger partial charge in [0.15, 0.2) is 5.78 Å². The minimum absolute atomic E-state index is 0.0551. The number of ketones is 3. The number of fused-ring (bicyclic) bond motifs is 1. The first kappa shape index (κ1) is 14.7. The second kappa shape index (κ2) is 6.14. The second-order valence-corrected chi connectivity index (χ2v) is 5.19. The molecule has 104 valence electrons. The van der Waals surface area contributed by atoms with Crippen LogP contribution in [0.2, 0.25) is 0 Å². The van der Waals surface area contributed by atoms with Crippen LogP contribution in [0.5, 0.6) is 0 Å². The van der Waals surface area contributed by atoms with Crippen molar-refractivity contribution in [3.05, 3.63) is 46.0 Å². The predicted octanol–water partition coefficient (Wildman–Crippen LogP) is 3.71. The first-order chi connectivity index (χ1) is 9.56. The maximum atomic E-state index is 12.3. The van der Waals surface area contributed by atoms with Gasteiger partial charge in [-0.3, -0.25) is 14.4 Å². The highest BCUT2D eigenvalue weighted by Crippen LogP contribution is 2.30. The third kappa shape index (κ3) is 2.73. The largest absolute Gasteiger partial charge is 0.299 e. The number of carbonyl (C=O) groups excluding carboxylic acids is 3. The van der Waals surface area contributed by atoms with E-state index in [9.17, 15) is 14.4 Å². The Morgan fingerprint density at radius 1 is 1.10 bits per heavy atom. The molecule has 1 aromatic rings. The Labute approximate surface area is 122 Å². The maximum Gasteiger partial charge on any atom is 0.205 e. The highest BCUT2D eigenvalue weighted by atomic mass is 35.5. The standard InChI is InChI=1S/C16H15ClO3/c1-2-3-6-10(18)9-13-14(17)16(20)12-8-5-4-7-11(12)15(13)19/h4-5,7-8H,2-3,6,9H2,1H3. The van der Waals surface area contributed by atoms with Gasteiger partial charge >= 0.3 is 0 Å². The first-order valence-electron chi connectivity index (χ1n) is 6.65. The van der Waals surface area contributed by atoms with E-state index in [1.807, 2.05) is 6.92 Å². The zero-order chi connectivity index (χ0) is 14.7. The van der Waals surface area contributed by atoms with Gasteiger partial charge in [0.2, 0.25) is 5.78 Å². The number of allylic oxidation sites excluding steroid dienone is 2. The molecule has 0 unspecified atom stereocenters. The summed E-state index contributed by atoms with van der Waals surface area (Å²) in [4.78, 5) is 36.3. The van der Waals surface area contributed by atoms with Crippen LogP contribution in [-0.4, -0.2) is 17.3 Å². The summed E-state index contributed by atoms with van der Waals surface area (Å²) in [5.41, 5.74) is 0.781. The summed E-state index contributed by atoms with van der Waals surface area (Å²) in [7, 11) is 0. The number of hydrogen-bond acceptors (Lipinski definition) is 3. The molecule has 0 heterocycles. The summed E-state index contributed by atoms with van der Waals surface area (Å²) in [5.74, 6) is -0.740. The van der Waals surface area contributed by atoms with Gasteiger partial charge in [0.1, 0.15) is 5.78 Å². The quantitative estimate of drug-likeness (QED) is 0.830. The van der Waals surface area contributed by atoms with Crippen LogP contribution in [0.1, 0.15) is 53.3 Å².